The number of nitrogens with two attached hydrogens (primary N) is 1. The molecule has 0 saturated carbocycles. The molecule has 0 spiro atoms. The summed E-state index contributed by atoms with van der Waals surface area (Å²) < 4.78 is 0. The van der Waals surface area contributed by atoms with Crippen LogP contribution in [0.25, 0.3) is 0 Å². The molecule has 18 heavy (non-hydrogen) atoms. The number of rotatable bonds is 5. The molecule has 3 N–H and O–H groups in total. The maximum atomic E-state index is 10.8. The van der Waals surface area contributed by atoms with Gasteiger partial charge in [0.15, 0.2) is 5.96 Å². The van der Waals surface area contributed by atoms with Gasteiger partial charge in [-0.2, -0.15) is 0 Å². The van der Waals surface area contributed by atoms with Gasteiger partial charge in [-0.1, -0.05) is 32.0 Å². The molecule has 98 valence electrons. The van der Waals surface area contributed by atoms with E-state index >= 15 is 0 Å². The number of hydrogen-bond acceptors (Lipinski definition) is 3. The highest BCUT2D eigenvalue weighted by atomic mass is 16.6. The molecule has 0 radical (unpaired) electrons. The van der Waals surface area contributed by atoms with E-state index < -0.39 is 4.92 Å². The summed E-state index contributed by atoms with van der Waals surface area (Å²) in [6.45, 7) is 5.05. The van der Waals surface area contributed by atoms with Gasteiger partial charge in [-0.15, -0.1) is 0 Å². The molecule has 0 aliphatic heterocycles. The highest BCUT2D eigenvalue weighted by molar-refractivity contribution is 5.77. The van der Waals surface area contributed by atoms with Gasteiger partial charge in [0.1, 0.15) is 0 Å². The summed E-state index contributed by atoms with van der Waals surface area (Å²) in [6, 6.07) is 6.52. The van der Waals surface area contributed by atoms with Crippen molar-refractivity contribution in [2.75, 3.05) is 6.54 Å². The largest absolute Gasteiger partial charge is 0.370 e. The molecule has 0 saturated heterocycles. The summed E-state index contributed by atoms with van der Waals surface area (Å²) in [5, 5.41) is 13.8. The van der Waals surface area contributed by atoms with E-state index in [0.29, 0.717) is 17.4 Å². The van der Waals surface area contributed by atoms with Crippen LogP contribution < -0.4 is 11.1 Å². The Morgan fingerprint density at radius 1 is 1.50 bits per heavy atom. The van der Waals surface area contributed by atoms with Crippen molar-refractivity contribution in [2.24, 2.45) is 16.6 Å². The van der Waals surface area contributed by atoms with Crippen molar-refractivity contribution in [3.05, 3.63) is 39.9 Å². The van der Waals surface area contributed by atoms with Gasteiger partial charge in [0.05, 0.1) is 17.0 Å². The van der Waals surface area contributed by atoms with Crippen molar-refractivity contribution >= 4 is 11.6 Å². The van der Waals surface area contributed by atoms with Gasteiger partial charge < -0.3 is 11.1 Å². The summed E-state index contributed by atoms with van der Waals surface area (Å²) in [7, 11) is 0. The fourth-order valence-electron chi connectivity index (χ4n) is 1.36. The molecule has 6 heteroatoms. The van der Waals surface area contributed by atoms with Crippen molar-refractivity contribution in [3.63, 3.8) is 0 Å². The Balaban J connectivity index is 2.68. The zero-order chi connectivity index (χ0) is 13.5. The molecular weight excluding hydrogens is 232 g/mol. The monoisotopic (exact) mass is 250 g/mol. The minimum absolute atomic E-state index is 0.0675. The first kappa shape index (κ1) is 14.0. The Hall–Kier alpha value is -2.11. The van der Waals surface area contributed by atoms with Crippen LogP contribution in [0.15, 0.2) is 29.3 Å². The van der Waals surface area contributed by atoms with E-state index in [1.54, 1.807) is 18.2 Å². The van der Waals surface area contributed by atoms with Gasteiger partial charge in [-0.3, -0.25) is 10.1 Å². The maximum Gasteiger partial charge on any atom is 0.274 e. The molecule has 0 bridgehead atoms. The number of nitro benzene ring substituents is 1. The summed E-state index contributed by atoms with van der Waals surface area (Å²) in [5.41, 5.74) is 6.29. The fraction of sp³-hybridized carbons (Fsp3) is 0.417. The van der Waals surface area contributed by atoms with E-state index in [9.17, 15) is 10.1 Å². The Bertz CT molecular complexity index is 443. The highest BCUT2D eigenvalue weighted by Gasteiger charge is 2.11. The molecule has 1 rings (SSSR count). The first-order valence-corrected chi connectivity index (χ1v) is 5.76. The van der Waals surface area contributed by atoms with Gasteiger partial charge in [0.25, 0.3) is 5.69 Å². The lowest BCUT2D eigenvalue weighted by Gasteiger charge is -2.07. The Morgan fingerprint density at radius 3 is 2.78 bits per heavy atom. The number of hydrogen-bond donors (Lipinski definition) is 2. The van der Waals surface area contributed by atoms with Gasteiger partial charge in [0.2, 0.25) is 0 Å². The zero-order valence-corrected chi connectivity index (χ0v) is 10.6. The van der Waals surface area contributed by atoms with E-state index in [4.69, 9.17) is 5.73 Å². The van der Waals surface area contributed by atoms with E-state index in [0.717, 1.165) is 6.54 Å². The predicted molar refractivity (Wildman–Crippen MR) is 71.3 cm³/mol. The molecule has 0 atom stereocenters. The van der Waals surface area contributed by atoms with Crippen molar-refractivity contribution in [1.29, 1.82) is 0 Å². The lowest BCUT2D eigenvalue weighted by atomic mass is 10.2. The smallest absolute Gasteiger partial charge is 0.274 e. The molecule has 0 unspecified atom stereocenters. The number of nitro groups is 1. The molecule has 1 aromatic rings. The van der Waals surface area contributed by atoms with Gasteiger partial charge in [-0.25, -0.2) is 4.99 Å². The second-order valence-corrected chi connectivity index (χ2v) is 4.36. The van der Waals surface area contributed by atoms with Gasteiger partial charge >= 0.3 is 0 Å². The van der Waals surface area contributed by atoms with Crippen molar-refractivity contribution in [1.82, 2.24) is 5.32 Å². The normalized spacial score (nSPS) is 11.6. The first-order valence-electron chi connectivity index (χ1n) is 5.76. The van der Waals surface area contributed by atoms with Crippen molar-refractivity contribution in [3.8, 4) is 0 Å². The van der Waals surface area contributed by atoms with Crippen LogP contribution in [0, 0.1) is 16.0 Å². The van der Waals surface area contributed by atoms with E-state index in [-0.39, 0.29) is 12.2 Å². The van der Waals surface area contributed by atoms with E-state index in [1.165, 1.54) is 6.07 Å². The third-order valence-electron chi connectivity index (χ3n) is 2.30. The van der Waals surface area contributed by atoms with Crippen LogP contribution in [0.4, 0.5) is 5.69 Å². The molecule has 6 nitrogen and oxygen atoms in total. The number of nitrogens with zero attached hydrogens (tertiary/aromatic N) is 2. The van der Waals surface area contributed by atoms with Crippen LogP contribution in [0.5, 0.6) is 0 Å². The number of benzene rings is 1. The summed E-state index contributed by atoms with van der Waals surface area (Å²) in [5.74, 6) is 0.770. The fourth-order valence-corrected chi connectivity index (χ4v) is 1.36. The standard InChI is InChI=1S/C12H18N4O2/c1-9(2)7-14-12(13)15-8-10-5-3-4-6-11(10)16(17)18/h3-6,9H,7-8H2,1-2H3,(H3,13,14,15). The SMILES string of the molecule is CC(C)CNC(N)=NCc1ccccc1[N+](=O)[O-]. The molecule has 0 aliphatic carbocycles. The second-order valence-electron chi connectivity index (χ2n) is 4.36. The van der Waals surface area contributed by atoms with Gasteiger partial charge in [0, 0.05) is 12.6 Å². The lowest BCUT2D eigenvalue weighted by Crippen LogP contribution is -2.34. The molecular formula is C12H18N4O2. The summed E-state index contributed by atoms with van der Waals surface area (Å²) >= 11 is 0. The van der Waals surface area contributed by atoms with E-state index in [2.05, 4.69) is 24.2 Å². The average Bonchev–Trinajstić information content (AvgIpc) is 2.34. The number of nitrogens with one attached hydrogen (secondary N) is 1. The van der Waals surface area contributed by atoms with Crippen LogP contribution in [0.1, 0.15) is 19.4 Å². The zero-order valence-electron chi connectivity index (χ0n) is 10.6. The molecule has 0 fully saturated rings. The Labute approximate surface area is 106 Å². The minimum Gasteiger partial charge on any atom is -0.370 e. The molecule has 1 aromatic carbocycles. The number of aliphatic imine (C=N–C) groups is 1. The summed E-state index contributed by atoms with van der Waals surface area (Å²) in [4.78, 5) is 14.5. The molecule has 0 heterocycles. The number of para-hydroxylation sites is 1. The predicted octanol–water partition coefficient (Wildman–Crippen LogP) is 1.66. The molecule has 0 aliphatic rings. The number of guanidine groups is 1. The van der Waals surface area contributed by atoms with Crippen molar-refractivity contribution in [2.45, 2.75) is 20.4 Å². The van der Waals surface area contributed by atoms with Crippen LogP contribution in [-0.4, -0.2) is 17.4 Å². The quantitative estimate of drug-likeness (QED) is 0.359. The first-order chi connectivity index (χ1) is 8.50. The van der Waals surface area contributed by atoms with Gasteiger partial charge in [-0.05, 0) is 5.92 Å². The highest BCUT2D eigenvalue weighted by Crippen LogP contribution is 2.18. The minimum atomic E-state index is -0.414. The summed E-state index contributed by atoms with van der Waals surface area (Å²) in [6.07, 6.45) is 0. The Kier molecular flexibility index (Phi) is 5.10. The third-order valence-corrected chi connectivity index (χ3v) is 2.30. The molecule has 0 aromatic heterocycles. The molecule has 0 amide bonds. The Morgan fingerprint density at radius 2 is 2.17 bits per heavy atom. The van der Waals surface area contributed by atoms with Crippen LogP contribution in [-0.2, 0) is 6.54 Å². The maximum absolute atomic E-state index is 10.8. The topological polar surface area (TPSA) is 93.5 Å². The van der Waals surface area contributed by atoms with Crippen LogP contribution in [0.3, 0.4) is 0 Å². The second kappa shape index (κ2) is 6.58. The van der Waals surface area contributed by atoms with Crippen LogP contribution >= 0.6 is 0 Å². The van der Waals surface area contributed by atoms with Crippen LogP contribution in [0.2, 0.25) is 0 Å². The lowest BCUT2D eigenvalue weighted by molar-refractivity contribution is -0.385. The third kappa shape index (κ3) is 4.40. The van der Waals surface area contributed by atoms with Crippen molar-refractivity contribution < 1.29 is 4.92 Å². The average molecular weight is 250 g/mol. The van der Waals surface area contributed by atoms with E-state index in [1.807, 2.05) is 0 Å².